The Kier molecular flexibility index (Phi) is 6.09. The number of nitrogens with one attached hydrogen (secondary N) is 1. The van der Waals surface area contributed by atoms with Crippen LogP contribution < -0.4 is 10.1 Å². The molecule has 2 aromatic heterocycles. The molecule has 0 saturated carbocycles. The van der Waals surface area contributed by atoms with Crippen LogP contribution in [0.15, 0.2) is 59.4 Å². The Hall–Kier alpha value is -4.18. The van der Waals surface area contributed by atoms with Crippen LogP contribution in [0.4, 0.5) is 11.4 Å². The van der Waals surface area contributed by atoms with Gasteiger partial charge in [0.25, 0.3) is 11.6 Å². The predicted octanol–water partition coefficient (Wildman–Crippen LogP) is 5.14. The lowest BCUT2D eigenvalue weighted by Gasteiger charge is -2.11. The largest absolute Gasteiger partial charge is 0.457 e. The minimum Gasteiger partial charge on any atom is -0.457 e. The third-order valence-corrected chi connectivity index (χ3v) is 5.00. The van der Waals surface area contributed by atoms with Crippen molar-refractivity contribution >= 4 is 28.9 Å². The molecule has 10 nitrogen and oxygen atoms in total. The lowest BCUT2D eigenvalue weighted by molar-refractivity contribution is -0.384. The van der Waals surface area contributed by atoms with E-state index < -0.39 is 10.8 Å². The Morgan fingerprint density at radius 2 is 2.06 bits per heavy atom. The second-order valence-corrected chi connectivity index (χ2v) is 7.65. The summed E-state index contributed by atoms with van der Waals surface area (Å²) in [5.41, 5.74) is 1.34. The molecule has 0 radical (unpaired) electrons. The number of hydrogen-bond donors (Lipinski definition) is 1. The molecule has 0 atom stereocenters. The summed E-state index contributed by atoms with van der Waals surface area (Å²) in [6, 6.07) is 11.3. The first-order valence-electron chi connectivity index (χ1n) is 9.77. The Morgan fingerprint density at radius 1 is 1.27 bits per heavy atom. The maximum Gasteiger partial charge on any atom is 0.278 e. The van der Waals surface area contributed by atoms with Crippen molar-refractivity contribution in [1.82, 2.24) is 14.9 Å². The summed E-state index contributed by atoms with van der Waals surface area (Å²) in [6.07, 6.45) is 3.08. The van der Waals surface area contributed by atoms with Gasteiger partial charge in [0.1, 0.15) is 17.3 Å². The number of non-ortho nitro benzene ring substituents is 1. The van der Waals surface area contributed by atoms with E-state index in [0.29, 0.717) is 22.1 Å². The van der Waals surface area contributed by atoms with Gasteiger partial charge in [0.05, 0.1) is 34.4 Å². The van der Waals surface area contributed by atoms with Gasteiger partial charge in [-0.25, -0.2) is 0 Å². The highest BCUT2D eigenvalue weighted by Gasteiger charge is 2.22. The summed E-state index contributed by atoms with van der Waals surface area (Å²) in [7, 11) is 0. The molecular weight excluding hydrogens is 450 g/mol. The number of rotatable bonds is 7. The Balaban J connectivity index is 1.61. The number of para-hydroxylation sites is 1. The number of aromatic nitrogens is 3. The number of nitro benzene ring substituents is 1. The SMILES string of the molecule is Cc1ccccc1Oc1cc(NC(=O)c2noc(C)c2Cn2cc(Cl)cn2)cc([N+](=O)[O-])c1. The molecule has 0 aliphatic heterocycles. The van der Waals surface area contributed by atoms with Crippen molar-refractivity contribution < 1.29 is 19.0 Å². The van der Waals surface area contributed by atoms with Crippen LogP contribution in [0, 0.1) is 24.0 Å². The molecule has 1 amide bonds. The second-order valence-electron chi connectivity index (χ2n) is 7.22. The molecule has 4 aromatic rings. The van der Waals surface area contributed by atoms with Gasteiger partial charge in [0, 0.05) is 23.9 Å². The van der Waals surface area contributed by atoms with Gasteiger partial charge in [-0.1, -0.05) is 35.0 Å². The summed E-state index contributed by atoms with van der Waals surface area (Å²) < 4.78 is 12.6. The molecule has 33 heavy (non-hydrogen) atoms. The molecule has 1 N–H and O–H groups in total. The highest BCUT2D eigenvalue weighted by atomic mass is 35.5. The van der Waals surface area contributed by atoms with E-state index in [1.165, 1.54) is 24.4 Å². The van der Waals surface area contributed by atoms with Crippen LogP contribution in [0.3, 0.4) is 0 Å². The van der Waals surface area contributed by atoms with Crippen LogP contribution in [0.1, 0.15) is 27.4 Å². The Morgan fingerprint density at radius 3 is 2.76 bits per heavy atom. The van der Waals surface area contributed by atoms with E-state index in [-0.39, 0.29) is 29.4 Å². The van der Waals surface area contributed by atoms with Crippen molar-refractivity contribution in [3.63, 3.8) is 0 Å². The van der Waals surface area contributed by atoms with Crippen LogP contribution in [0.2, 0.25) is 5.02 Å². The first kappa shape index (κ1) is 22.0. The number of aryl methyl sites for hydroxylation is 2. The van der Waals surface area contributed by atoms with E-state index >= 15 is 0 Å². The maximum absolute atomic E-state index is 12.9. The number of hydrogen-bond acceptors (Lipinski definition) is 7. The van der Waals surface area contributed by atoms with Crippen molar-refractivity contribution in [3.05, 3.63) is 92.6 Å². The van der Waals surface area contributed by atoms with Gasteiger partial charge >= 0.3 is 0 Å². The minimum atomic E-state index is -0.595. The van der Waals surface area contributed by atoms with Crippen LogP contribution in [-0.2, 0) is 6.54 Å². The third-order valence-electron chi connectivity index (χ3n) is 4.80. The normalized spacial score (nSPS) is 10.8. The summed E-state index contributed by atoms with van der Waals surface area (Å²) in [4.78, 5) is 23.8. The van der Waals surface area contributed by atoms with Crippen molar-refractivity contribution in [2.45, 2.75) is 20.4 Å². The van der Waals surface area contributed by atoms with Crippen LogP contribution >= 0.6 is 11.6 Å². The maximum atomic E-state index is 12.9. The molecule has 4 rings (SSSR count). The average molecular weight is 468 g/mol. The second kappa shape index (κ2) is 9.13. The molecule has 0 aliphatic rings. The number of anilines is 1. The van der Waals surface area contributed by atoms with Gasteiger partial charge in [0.15, 0.2) is 5.69 Å². The highest BCUT2D eigenvalue weighted by molar-refractivity contribution is 6.30. The highest BCUT2D eigenvalue weighted by Crippen LogP contribution is 2.31. The van der Waals surface area contributed by atoms with E-state index in [2.05, 4.69) is 15.6 Å². The first-order valence-corrected chi connectivity index (χ1v) is 10.2. The molecule has 2 aromatic carbocycles. The summed E-state index contributed by atoms with van der Waals surface area (Å²) in [5, 5.41) is 22.5. The standard InChI is InChI=1S/C22H18ClN5O5/c1-13-5-3-4-6-20(13)32-18-8-16(7-17(9-18)28(30)31)25-22(29)21-19(14(2)33-26-21)12-27-11-15(23)10-24-27/h3-11H,12H2,1-2H3,(H,25,29). The van der Waals surface area contributed by atoms with Crippen molar-refractivity contribution in [2.75, 3.05) is 5.32 Å². The van der Waals surface area contributed by atoms with Gasteiger partial charge < -0.3 is 14.6 Å². The number of ether oxygens (including phenoxy) is 1. The molecule has 0 aliphatic carbocycles. The number of benzene rings is 2. The molecule has 0 saturated heterocycles. The molecule has 11 heteroatoms. The van der Waals surface area contributed by atoms with Gasteiger partial charge in [-0.3, -0.25) is 19.6 Å². The summed E-state index contributed by atoms with van der Waals surface area (Å²) >= 11 is 5.90. The summed E-state index contributed by atoms with van der Waals surface area (Å²) in [5.74, 6) is 0.593. The fraction of sp³-hybridized carbons (Fsp3) is 0.136. The quantitative estimate of drug-likeness (QED) is 0.294. The van der Waals surface area contributed by atoms with E-state index in [4.69, 9.17) is 20.9 Å². The number of halogens is 1. The minimum absolute atomic E-state index is 0.0343. The van der Waals surface area contributed by atoms with Crippen LogP contribution in [0.25, 0.3) is 0 Å². The zero-order valence-electron chi connectivity index (χ0n) is 17.6. The van der Waals surface area contributed by atoms with E-state index in [9.17, 15) is 14.9 Å². The van der Waals surface area contributed by atoms with E-state index in [1.807, 2.05) is 19.1 Å². The van der Waals surface area contributed by atoms with Gasteiger partial charge in [-0.05, 0) is 25.5 Å². The zero-order chi connectivity index (χ0) is 23.5. The number of carbonyl (C=O) groups excluding carboxylic acids is 1. The number of nitro groups is 1. The zero-order valence-corrected chi connectivity index (χ0v) is 18.4. The lowest BCUT2D eigenvalue weighted by Crippen LogP contribution is -2.16. The van der Waals surface area contributed by atoms with Gasteiger partial charge in [-0.15, -0.1) is 0 Å². The number of amides is 1. The molecule has 2 heterocycles. The molecule has 0 spiro atoms. The summed E-state index contributed by atoms with van der Waals surface area (Å²) in [6.45, 7) is 3.74. The van der Waals surface area contributed by atoms with E-state index in [0.717, 1.165) is 5.56 Å². The third kappa shape index (κ3) is 5.01. The van der Waals surface area contributed by atoms with Gasteiger partial charge in [0.2, 0.25) is 0 Å². The monoisotopic (exact) mass is 467 g/mol. The lowest BCUT2D eigenvalue weighted by atomic mass is 10.1. The molecule has 0 unspecified atom stereocenters. The molecular formula is C22H18ClN5O5. The number of carbonyl (C=O) groups is 1. The molecule has 0 bridgehead atoms. The predicted molar refractivity (Wildman–Crippen MR) is 120 cm³/mol. The Labute approximate surface area is 192 Å². The molecule has 0 fully saturated rings. The van der Waals surface area contributed by atoms with Crippen molar-refractivity contribution in [2.24, 2.45) is 0 Å². The van der Waals surface area contributed by atoms with Crippen LogP contribution in [0.5, 0.6) is 11.5 Å². The van der Waals surface area contributed by atoms with Gasteiger partial charge in [-0.2, -0.15) is 5.10 Å². The smallest absolute Gasteiger partial charge is 0.278 e. The molecule has 168 valence electrons. The Bertz CT molecular complexity index is 1350. The average Bonchev–Trinajstić information content (AvgIpc) is 3.35. The topological polar surface area (TPSA) is 125 Å². The van der Waals surface area contributed by atoms with Crippen LogP contribution in [-0.4, -0.2) is 25.8 Å². The fourth-order valence-electron chi connectivity index (χ4n) is 3.15. The fourth-order valence-corrected chi connectivity index (χ4v) is 3.31. The number of nitrogens with zero attached hydrogens (tertiary/aromatic N) is 4. The van der Waals surface area contributed by atoms with E-state index in [1.54, 1.807) is 29.9 Å². The first-order chi connectivity index (χ1) is 15.8. The van der Waals surface area contributed by atoms with Crippen molar-refractivity contribution in [1.29, 1.82) is 0 Å². The van der Waals surface area contributed by atoms with Crippen molar-refractivity contribution in [3.8, 4) is 11.5 Å².